The Labute approximate surface area is 101 Å². The van der Waals surface area contributed by atoms with Crippen LogP contribution in [0.25, 0.3) is 0 Å². The summed E-state index contributed by atoms with van der Waals surface area (Å²) in [6.45, 7) is 1.38. The van der Waals surface area contributed by atoms with Gasteiger partial charge in [0, 0.05) is 19.0 Å². The Balaban J connectivity index is 2.37. The molecule has 2 rings (SSSR count). The topological polar surface area (TPSA) is 49.6 Å². The van der Waals surface area contributed by atoms with Crippen LogP contribution in [0.2, 0.25) is 0 Å². The molecule has 0 amide bonds. The molecule has 1 aliphatic heterocycles. The number of carbonyl (C=O) groups is 1. The second-order valence-electron chi connectivity index (χ2n) is 4.02. The maximum Gasteiger partial charge on any atom is 0.174 e. The Morgan fingerprint density at radius 2 is 1.94 bits per heavy atom. The summed E-state index contributed by atoms with van der Waals surface area (Å²) >= 11 is 0. The molecule has 0 aliphatic carbocycles. The van der Waals surface area contributed by atoms with Crippen molar-refractivity contribution in [2.75, 3.05) is 27.3 Å². The number of benzene rings is 1. The van der Waals surface area contributed by atoms with E-state index < -0.39 is 0 Å². The molecule has 0 N–H and O–H groups in total. The van der Waals surface area contributed by atoms with Gasteiger partial charge in [0.1, 0.15) is 17.1 Å². The first-order valence-electron chi connectivity index (χ1n) is 5.66. The molecule has 1 aliphatic rings. The molecular weight excluding hydrogens is 218 g/mol. The van der Waals surface area contributed by atoms with E-state index >= 15 is 0 Å². The fourth-order valence-electron chi connectivity index (χ4n) is 2.10. The lowest BCUT2D eigenvalue weighted by Crippen LogP contribution is -2.17. The van der Waals surface area contributed by atoms with E-state index in [1.54, 1.807) is 26.4 Å². The SMILES string of the molecule is COc1cccc(OC)c1C(=O)C1CC[N]C1. The van der Waals surface area contributed by atoms with Gasteiger partial charge < -0.3 is 9.47 Å². The van der Waals surface area contributed by atoms with Crippen molar-refractivity contribution in [3.05, 3.63) is 23.8 Å². The van der Waals surface area contributed by atoms with Crippen molar-refractivity contribution in [2.24, 2.45) is 5.92 Å². The molecule has 1 atom stereocenters. The van der Waals surface area contributed by atoms with Gasteiger partial charge in [0.25, 0.3) is 0 Å². The molecule has 4 nitrogen and oxygen atoms in total. The van der Waals surface area contributed by atoms with E-state index in [1.165, 1.54) is 0 Å². The van der Waals surface area contributed by atoms with Gasteiger partial charge in [-0.3, -0.25) is 4.79 Å². The van der Waals surface area contributed by atoms with Crippen LogP contribution in [0, 0.1) is 5.92 Å². The zero-order valence-electron chi connectivity index (χ0n) is 10.1. The normalized spacial score (nSPS) is 19.1. The summed E-state index contributed by atoms with van der Waals surface area (Å²) in [4.78, 5) is 12.4. The van der Waals surface area contributed by atoms with Crippen molar-refractivity contribution < 1.29 is 14.3 Å². The van der Waals surface area contributed by atoms with Crippen molar-refractivity contribution in [3.63, 3.8) is 0 Å². The van der Waals surface area contributed by atoms with E-state index in [4.69, 9.17) is 9.47 Å². The zero-order valence-corrected chi connectivity index (χ0v) is 10.1. The van der Waals surface area contributed by atoms with Gasteiger partial charge in [-0.15, -0.1) is 0 Å². The first-order valence-corrected chi connectivity index (χ1v) is 5.66. The minimum atomic E-state index is -0.0276. The average Bonchev–Trinajstić information content (AvgIpc) is 2.90. The molecule has 1 unspecified atom stereocenters. The van der Waals surface area contributed by atoms with E-state index in [2.05, 4.69) is 5.32 Å². The van der Waals surface area contributed by atoms with Gasteiger partial charge in [-0.1, -0.05) is 6.07 Å². The predicted octanol–water partition coefficient (Wildman–Crippen LogP) is 1.51. The number of carbonyl (C=O) groups excluding carboxylic acids is 1. The van der Waals surface area contributed by atoms with E-state index in [9.17, 15) is 4.79 Å². The largest absolute Gasteiger partial charge is 0.496 e. The molecule has 0 aromatic heterocycles. The van der Waals surface area contributed by atoms with Gasteiger partial charge in [0.05, 0.1) is 14.2 Å². The van der Waals surface area contributed by atoms with Crippen molar-refractivity contribution in [1.29, 1.82) is 0 Å². The standard InChI is InChI=1S/C13H16NO3/c1-16-10-4-3-5-11(17-2)12(10)13(15)9-6-7-14-8-9/h3-5,9H,6-8H2,1-2H3. The molecule has 1 radical (unpaired) electrons. The van der Waals surface area contributed by atoms with Gasteiger partial charge in [-0.25, -0.2) is 5.32 Å². The van der Waals surface area contributed by atoms with Crippen molar-refractivity contribution in [1.82, 2.24) is 5.32 Å². The van der Waals surface area contributed by atoms with Crippen molar-refractivity contribution in [3.8, 4) is 11.5 Å². The Morgan fingerprint density at radius 3 is 2.41 bits per heavy atom. The molecular formula is C13H16NO3. The Kier molecular flexibility index (Phi) is 3.64. The van der Waals surface area contributed by atoms with Crippen molar-refractivity contribution in [2.45, 2.75) is 6.42 Å². The highest BCUT2D eigenvalue weighted by Gasteiger charge is 2.28. The maximum absolute atomic E-state index is 12.4. The smallest absolute Gasteiger partial charge is 0.174 e. The van der Waals surface area contributed by atoms with Crippen LogP contribution in [-0.2, 0) is 0 Å². The number of methoxy groups -OCH3 is 2. The lowest BCUT2D eigenvalue weighted by Gasteiger charge is -2.14. The molecule has 1 aromatic rings. The second-order valence-corrected chi connectivity index (χ2v) is 4.02. The summed E-state index contributed by atoms with van der Waals surface area (Å²) in [7, 11) is 3.12. The van der Waals surface area contributed by atoms with Crippen LogP contribution >= 0.6 is 0 Å². The molecule has 1 fully saturated rings. The van der Waals surface area contributed by atoms with Gasteiger partial charge in [-0.2, -0.15) is 0 Å². The van der Waals surface area contributed by atoms with Gasteiger partial charge in [-0.05, 0) is 18.6 Å². The molecule has 1 aromatic carbocycles. The number of rotatable bonds is 4. The maximum atomic E-state index is 12.4. The predicted molar refractivity (Wildman–Crippen MR) is 63.9 cm³/mol. The first kappa shape index (κ1) is 11.9. The van der Waals surface area contributed by atoms with Crippen LogP contribution in [0.3, 0.4) is 0 Å². The van der Waals surface area contributed by atoms with Crippen LogP contribution in [0.15, 0.2) is 18.2 Å². The fourth-order valence-corrected chi connectivity index (χ4v) is 2.10. The van der Waals surface area contributed by atoms with Gasteiger partial charge >= 0.3 is 0 Å². The number of hydrogen-bond acceptors (Lipinski definition) is 3. The Bertz CT molecular complexity index is 389. The van der Waals surface area contributed by atoms with E-state index in [0.717, 1.165) is 13.0 Å². The van der Waals surface area contributed by atoms with Crippen molar-refractivity contribution >= 4 is 5.78 Å². The Morgan fingerprint density at radius 1 is 1.29 bits per heavy atom. The molecule has 91 valence electrons. The summed E-state index contributed by atoms with van der Waals surface area (Å²) in [6, 6.07) is 5.37. The molecule has 17 heavy (non-hydrogen) atoms. The lowest BCUT2D eigenvalue weighted by atomic mass is 9.95. The van der Waals surface area contributed by atoms with E-state index in [0.29, 0.717) is 23.6 Å². The quantitative estimate of drug-likeness (QED) is 0.742. The highest BCUT2D eigenvalue weighted by molar-refractivity contribution is 6.03. The summed E-state index contributed by atoms with van der Waals surface area (Å²) in [5.41, 5.74) is 0.541. The third-order valence-electron chi connectivity index (χ3n) is 3.03. The highest BCUT2D eigenvalue weighted by atomic mass is 16.5. The zero-order chi connectivity index (χ0) is 12.3. The number of hydrogen-bond donors (Lipinski definition) is 0. The molecule has 1 saturated heterocycles. The van der Waals surface area contributed by atoms with E-state index in [-0.39, 0.29) is 11.7 Å². The van der Waals surface area contributed by atoms with Crippen LogP contribution in [-0.4, -0.2) is 33.1 Å². The van der Waals surface area contributed by atoms with Crippen LogP contribution in [0.4, 0.5) is 0 Å². The van der Waals surface area contributed by atoms with Crippen LogP contribution in [0.1, 0.15) is 16.8 Å². The summed E-state index contributed by atoms with van der Waals surface area (Å²) in [6.07, 6.45) is 0.819. The third kappa shape index (κ3) is 2.26. The number of ether oxygens (including phenoxy) is 2. The summed E-state index contributed by atoms with van der Waals surface area (Å²) in [5, 5.41) is 4.22. The monoisotopic (exact) mass is 234 g/mol. The first-order chi connectivity index (χ1) is 8.27. The average molecular weight is 234 g/mol. The third-order valence-corrected chi connectivity index (χ3v) is 3.03. The molecule has 4 heteroatoms. The van der Waals surface area contributed by atoms with Crippen LogP contribution in [0.5, 0.6) is 11.5 Å². The number of Topliss-reactive ketones (excluding diaryl/α,β-unsaturated/α-hetero) is 1. The minimum Gasteiger partial charge on any atom is -0.496 e. The summed E-state index contributed by atoms with van der Waals surface area (Å²) < 4.78 is 10.5. The summed E-state index contributed by atoms with van der Waals surface area (Å²) in [5.74, 6) is 1.18. The molecule has 0 bridgehead atoms. The molecule has 1 heterocycles. The molecule has 0 spiro atoms. The molecule has 0 saturated carbocycles. The number of nitrogens with zero attached hydrogens (tertiary/aromatic N) is 1. The highest BCUT2D eigenvalue weighted by Crippen LogP contribution is 2.31. The van der Waals surface area contributed by atoms with E-state index in [1.807, 2.05) is 6.07 Å². The van der Waals surface area contributed by atoms with Gasteiger partial charge in [0.15, 0.2) is 5.78 Å². The Hall–Kier alpha value is -1.55. The van der Waals surface area contributed by atoms with Crippen LogP contribution < -0.4 is 14.8 Å². The fraction of sp³-hybridized carbons (Fsp3) is 0.462. The lowest BCUT2D eigenvalue weighted by molar-refractivity contribution is 0.0924. The minimum absolute atomic E-state index is 0.0276. The second kappa shape index (κ2) is 5.19. The number of ketones is 1. The van der Waals surface area contributed by atoms with Gasteiger partial charge in [0.2, 0.25) is 0 Å².